The van der Waals surface area contributed by atoms with Crippen LogP contribution in [0.15, 0.2) is 18.2 Å². The van der Waals surface area contributed by atoms with Gasteiger partial charge < -0.3 is 5.32 Å². The Hall–Kier alpha value is -0.860. The maximum absolute atomic E-state index is 3.47. The Morgan fingerprint density at radius 1 is 1.15 bits per heavy atom. The first-order chi connectivity index (χ1) is 9.85. The first kappa shape index (κ1) is 14.1. The highest BCUT2D eigenvalue weighted by Gasteiger charge is 2.17. The van der Waals surface area contributed by atoms with E-state index in [0.717, 1.165) is 12.5 Å². The Balaban J connectivity index is 1.59. The number of hydrogen-bond acceptors (Lipinski definition) is 2. The summed E-state index contributed by atoms with van der Waals surface area (Å²) in [6, 6.07) is 7.19. The van der Waals surface area contributed by atoms with Crippen molar-refractivity contribution >= 4 is 0 Å². The van der Waals surface area contributed by atoms with Crippen molar-refractivity contribution in [3.63, 3.8) is 0 Å². The quantitative estimate of drug-likeness (QED) is 0.886. The van der Waals surface area contributed by atoms with Gasteiger partial charge in [0.1, 0.15) is 0 Å². The van der Waals surface area contributed by atoms with Crippen LogP contribution in [0.2, 0.25) is 0 Å². The van der Waals surface area contributed by atoms with E-state index in [-0.39, 0.29) is 0 Å². The van der Waals surface area contributed by atoms with Crippen LogP contribution in [0, 0.1) is 5.92 Å². The molecule has 0 bridgehead atoms. The third-order valence-corrected chi connectivity index (χ3v) is 4.99. The molecule has 1 fully saturated rings. The summed E-state index contributed by atoms with van der Waals surface area (Å²) in [5.74, 6) is 0.894. The van der Waals surface area contributed by atoms with E-state index in [2.05, 4.69) is 35.3 Å². The van der Waals surface area contributed by atoms with Gasteiger partial charge >= 0.3 is 0 Å². The van der Waals surface area contributed by atoms with Gasteiger partial charge in [0.15, 0.2) is 0 Å². The second kappa shape index (κ2) is 6.73. The topological polar surface area (TPSA) is 15.3 Å². The van der Waals surface area contributed by atoms with Gasteiger partial charge in [-0.05, 0) is 74.3 Å². The lowest BCUT2D eigenvalue weighted by Gasteiger charge is -2.29. The van der Waals surface area contributed by atoms with Gasteiger partial charge in [-0.25, -0.2) is 0 Å². The van der Waals surface area contributed by atoms with Gasteiger partial charge in [-0.2, -0.15) is 0 Å². The zero-order valence-electron chi connectivity index (χ0n) is 12.8. The minimum atomic E-state index is 0.894. The van der Waals surface area contributed by atoms with Gasteiger partial charge in [0, 0.05) is 13.1 Å². The van der Waals surface area contributed by atoms with E-state index < -0.39 is 0 Å². The van der Waals surface area contributed by atoms with Crippen LogP contribution in [0.4, 0.5) is 0 Å². The third kappa shape index (κ3) is 3.42. The lowest BCUT2D eigenvalue weighted by atomic mass is 9.97. The monoisotopic (exact) mass is 272 g/mol. The fraction of sp³-hybridized carbons (Fsp3) is 0.667. The molecular weight excluding hydrogens is 244 g/mol. The van der Waals surface area contributed by atoms with Gasteiger partial charge in [-0.15, -0.1) is 0 Å². The van der Waals surface area contributed by atoms with Gasteiger partial charge in [0.2, 0.25) is 0 Å². The molecule has 0 amide bonds. The van der Waals surface area contributed by atoms with Crippen molar-refractivity contribution in [1.29, 1.82) is 0 Å². The van der Waals surface area contributed by atoms with E-state index in [0.29, 0.717) is 0 Å². The second-order valence-corrected chi connectivity index (χ2v) is 6.48. The number of nitrogens with one attached hydrogen (secondary N) is 1. The predicted octanol–water partition coefficient (Wildman–Crippen LogP) is 3.00. The molecule has 0 saturated carbocycles. The molecule has 0 spiro atoms. The standard InChI is InChI=1S/C18H28N2/c1-2-20(13-15-8-10-19-11-9-15)14-16-6-7-17-4-3-5-18(17)12-16/h6-7,12,15,19H,2-5,8-11,13-14H2,1H3. The molecule has 3 rings (SSSR count). The Morgan fingerprint density at radius 3 is 2.75 bits per heavy atom. The van der Waals surface area contributed by atoms with Crippen molar-refractivity contribution in [3.8, 4) is 0 Å². The molecule has 1 N–H and O–H groups in total. The summed E-state index contributed by atoms with van der Waals surface area (Å²) in [6.07, 6.45) is 6.64. The highest BCUT2D eigenvalue weighted by atomic mass is 15.1. The number of aryl methyl sites for hydroxylation is 2. The lowest BCUT2D eigenvalue weighted by molar-refractivity contribution is 0.207. The summed E-state index contributed by atoms with van der Waals surface area (Å²) in [5.41, 5.74) is 4.72. The average molecular weight is 272 g/mol. The van der Waals surface area contributed by atoms with Crippen molar-refractivity contribution in [2.45, 2.75) is 45.6 Å². The normalized spacial score (nSPS) is 19.5. The van der Waals surface area contributed by atoms with Crippen molar-refractivity contribution in [2.75, 3.05) is 26.2 Å². The summed E-state index contributed by atoms with van der Waals surface area (Å²) >= 11 is 0. The summed E-state index contributed by atoms with van der Waals surface area (Å²) in [6.45, 7) is 8.29. The molecule has 2 nitrogen and oxygen atoms in total. The molecule has 0 atom stereocenters. The third-order valence-electron chi connectivity index (χ3n) is 4.99. The van der Waals surface area contributed by atoms with Crippen molar-refractivity contribution in [3.05, 3.63) is 34.9 Å². The van der Waals surface area contributed by atoms with E-state index in [4.69, 9.17) is 0 Å². The van der Waals surface area contributed by atoms with Crippen LogP contribution in [0.5, 0.6) is 0 Å². The summed E-state index contributed by atoms with van der Waals surface area (Å²) in [5, 5.41) is 3.47. The molecular formula is C18H28N2. The molecule has 1 aromatic rings. The minimum absolute atomic E-state index is 0.894. The van der Waals surface area contributed by atoms with Crippen molar-refractivity contribution < 1.29 is 0 Å². The molecule has 110 valence electrons. The summed E-state index contributed by atoms with van der Waals surface area (Å²) in [7, 11) is 0. The molecule has 20 heavy (non-hydrogen) atoms. The van der Waals surface area contributed by atoms with E-state index in [1.165, 1.54) is 63.8 Å². The maximum Gasteiger partial charge on any atom is 0.0233 e. The molecule has 1 heterocycles. The maximum atomic E-state index is 3.47. The summed E-state index contributed by atoms with van der Waals surface area (Å²) in [4.78, 5) is 2.63. The molecule has 1 aliphatic heterocycles. The molecule has 1 aromatic carbocycles. The van der Waals surface area contributed by atoms with Gasteiger partial charge in [0.25, 0.3) is 0 Å². The Morgan fingerprint density at radius 2 is 1.95 bits per heavy atom. The van der Waals surface area contributed by atoms with E-state index in [1.807, 2.05) is 0 Å². The Bertz CT molecular complexity index is 435. The number of piperidine rings is 1. The lowest BCUT2D eigenvalue weighted by Crippen LogP contribution is -2.35. The number of hydrogen-bond donors (Lipinski definition) is 1. The molecule has 2 heteroatoms. The molecule has 1 aliphatic carbocycles. The highest BCUT2D eigenvalue weighted by molar-refractivity contribution is 5.35. The molecule has 1 saturated heterocycles. The number of fused-ring (bicyclic) bond motifs is 1. The fourth-order valence-corrected chi connectivity index (χ4v) is 3.72. The van der Waals surface area contributed by atoms with Crippen LogP contribution in [0.1, 0.15) is 42.9 Å². The minimum Gasteiger partial charge on any atom is -0.317 e. The van der Waals surface area contributed by atoms with Crippen LogP contribution < -0.4 is 5.32 Å². The Kier molecular flexibility index (Phi) is 4.74. The van der Waals surface area contributed by atoms with Gasteiger partial charge in [0.05, 0.1) is 0 Å². The zero-order chi connectivity index (χ0) is 13.8. The molecule has 0 radical (unpaired) electrons. The molecule has 0 unspecified atom stereocenters. The SMILES string of the molecule is CCN(Cc1ccc2c(c1)CCC2)CC1CCNCC1. The van der Waals surface area contributed by atoms with Gasteiger partial charge in [-0.3, -0.25) is 4.90 Å². The highest BCUT2D eigenvalue weighted by Crippen LogP contribution is 2.24. The Labute approximate surface area is 123 Å². The average Bonchev–Trinajstić information content (AvgIpc) is 2.95. The van der Waals surface area contributed by atoms with Crippen molar-refractivity contribution in [2.24, 2.45) is 5.92 Å². The largest absolute Gasteiger partial charge is 0.317 e. The van der Waals surface area contributed by atoms with E-state index >= 15 is 0 Å². The van der Waals surface area contributed by atoms with Crippen molar-refractivity contribution in [1.82, 2.24) is 10.2 Å². The predicted molar refractivity (Wildman–Crippen MR) is 85.0 cm³/mol. The molecule has 0 aromatic heterocycles. The first-order valence-electron chi connectivity index (χ1n) is 8.39. The van der Waals surface area contributed by atoms with E-state index in [1.54, 1.807) is 11.1 Å². The van der Waals surface area contributed by atoms with Crippen LogP contribution in [0.25, 0.3) is 0 Å². The van der Waals surface area contributed by atoms with Crippen LogP contribution in [-0.4, -0.2) is 31.1 Å². The smallest absolute Gasteiger partial charge is 0.0233 e. The van der Waals surface area contributed by atoms with E-state index in [9.17, 15) is 0 Å². The second-order valence-electron chi connectivity index (χ2n) is 6.48. The number of benzene rings is 1. The zero-order valence-corrected chi connectivity index (χ0v) is 12.8. The van der Waals surface area contributed by atoms with Gasteiger partial charge in [-0.1, -0.05) is 25.1 Å². The van der Waals surface area contributed by atoms with Crippen LogP contribution in [-0.2, 0) is 19.4 Å². The number of nitrogens with zero attached hydrogens (tertiary/aromatic N) is 1. The van der Waals surface area contributed by atoms with Crippen LogP contribution >= 0.6 is 0 Å². The molecule has 2 aliphatic rings. The number of rotatable bonds is 5. The first-order valence-corrected chi connectivity index (χ1v) is 8.39. The van der Waals surface area contributed by atoms with Crippen LogP contribution in [0.3, 0.4) is 0 Å². The fourth-order valence-electron chi connectivity index (χ4n) is 3.72. The summed E-state index contributed by atoms with van der Waals surface area (Å²) < 4.78 is 0.